The second kappa shape index (κ2) is 6.57. The lowest BCUT2D eigenvalue weighted by atomic mass is 10.1. The minimum atomic E-state index is -0.435. The van der Waals surface area contributed by atoms with Crippen molar-refractivity contribution in [1.29, 1.82) is 0 Å². The molecule has 20 heavy (non-hydrogen) atoms. The summed E-state index contributed by atoms with van der Waals surface area (Å²) in [5.41, 5.74) is 8.62. The zero-order chi connectivity index (χ0) is 14.7. The van der Waals surface area contributed by atoms with Crippen LogP contribution in [0.5, 0.6) is 0 Å². The Morgan fingerprint density at radius 1 is 1.30 bits per heavy atom. The predicted octanol–water partition coefficient (Wildman–Crippen LogP) is 4.66. The van der Waals surface area contributed by atoms with Crippen molar-refractivity contribution >= 4 is 33.2 Å². The minimum absolute atomic E-state index is 0.114. The Morgan fingerprint density at radius 3 is 2.65 bits per heavy atom. The first-order valence-corrected chi connectivity index (χ1v) is 7.35. The summed E-state index contributed by atoms with van der Waals surface area (Å²) >= 11 is 9.15. The first-order chi connectivity index (χ1) is 9.49. The van der Waals surface area contributed by atoms with Crippen LogP contribution >= 0.6 is 27.5 Å². The van der Waals surface area contributed by atoms with Crippen LogP contribution in [0, 0.1) is 12.7 Å². The van der Waals surface area contributed by atoms with Gasteiger partial charge in [-0.05, 0) is 48.4 Å². The largest absolute Gasteiger partial charge is 0.377 e. The highest BCUT2D eigenvalue weighted by Gasteiger charge is 2.12. The van der Waals surface area contributed by atoms with E-state index < -0.39 is 5.82 Å². The molecule has 0 saturated carbocycles. The van der Waals surface area contributed by atoms with Crippen LogP contribution in [0.1, 0.15) is 17.2 Å². The molecule has 2 nitrogen and oxygen atoms in total. The van der Waals surface area contributed by atoms with Crippen molar-refractivity contribution < 1.29 is 4.39 Å². The second-order valence-corrected chi connectivity index (χ2v) is 5.95. The van der Waals surface area contributed by atoms with E-state index in [1.54, 1.807) is 12.1 Å². The highest BCUT2D eigenvalue weighted by molar-refractivity contribution is 9.10. The molecule has 1 atom stereocenters. The number of rotatable bonds is 4. The summed E-state index contributed by atoms with van der Waals surface area (Å²) < 4.78 is 14.5. The smallest absolute Gasteiger partial charge is 0.142 e. The standard InChI is InChI=1S/C15H15BrClFN2/c1-9-4-11(16)7-12(5-9)20-15(8-19)10-2-3-13(17)14(18)6-10/h2-7,15,20H,8,19H2,1H3. The Labute approximate surface area is 131 Å². The topological polar surface area (TPSA) is 38.0 Å². The SMILES string of the molecule is Cc1cc(Br)cc(NC(CN)c2ccc(Cl)c(F)c2)c1. The summed E-state index contributed by atoms with van der Waals surface area (Å²) in [6.45, 7) is 2.36. The number of aryl methyl sites for hydroxylation is 1. The summed E-state index contributed by atoms with van der Waals surface area (Å²) in [6, 6.07) is 10.6. The van der Waals surface area contributed by atoms with E-state index in [0.717, 1.165) is 21.3 Å². The van der Waals surface area contributed by atoms with Crippen molar-refractivity contribution in [3.8, 4) is 0 Å². The first-order valence-electron chi connectivity index (χ1n) is 6.18. The van der Waals surface area contributed by atoms with Gasteiger partial charge >= 0.3 is 0 Å². The van der Waals surface area contributed by atoms with Crippen LogP contribution in [-0.4, -0.2) is 6.54 Å². The maximum Gasteiger partial charge on any atom is 0.142 e. The molecule has 0 spiro atoms. The molecule has 0 saturated heterocycles. The molecule has 0 heterocycles. The maximum absolute atomic E-state index is 13.5. The normalized spacial score (nSPS) is 12.2. The molecule has 1 unspecified atom stereocenters. The number of hydrogen-bond acceptors (Lipinski definition) is 2. The number of nitrogens with two attached hydrogens (primary N) is 1. The lowest BCUT2D eigenvalue weighted by molar-refractivity contribution is 0.623. The quantitative estimate of drug-likeness (QED) is 0.835. The Balaban J connectivity index is 2.26. The van der Waals surface area contributed by atoms with Gasteiger partial charge in [0.15, 0.2) is 0 Å². The van der Waals surface area contributed by atoms with Crippen molar-refractivity contribution in [2.75, 3.05) is 11.9 Å². The molecule has 0 radical (unpaired) electrons. The monoisotopic (exact) mass is 356 g/mol. The summed E-state index contributed by atoms with van der Waals surface area (Å²) in [6.07, 6.45) is 0. The maximum atomic E-state index is 13.5. The number of halogens is 3. The van der Waals surface area contributed by atoms with Gasteiger partial charge in [-0.2, -0.15) is 0 Å². The van der Waals surface area contributed by atoms with Crippen LogP contribution in [0.15, 0.2) is 40.9 Å². The Bertz CT molecular complexity index is 599. The van der Waals surface area contributed by atoms with E-state index in [9.17, 15) is 4.39 Å². The third-order valence-corrected chi connectivity index (χ3v) is 3.73. The van der Waals surface area contributed by atoms with E-state index >= 15 is 0 Å². The highest BCUT2D eigenvalue weighted by Crippen LogP contribution is 2.25. The fourth-order valence-electron chi connectivity index (χ4n) is 2.03. The summed E-state index contributed by atoms with van der Waals surface area (Å²) in [4.78, 5) is 0. The molecule has 2 rings (SSSR count). The van der Waals surface area contributed by atoms with Gasteiger partial charge in [-0.15, -0.1) is 0 Å². The number of benzene rings is 2. The first kappa shape index (κ1) is 15.3. The molecule has 2 aromatic rings. The molecule has 0 bridgehead atoms. The van der Waals surface area contributed by atoms with Gasteiger partial charge in [0, 0.05) is 16.7 Å². The molecule has 3 N–H and O–H groups in total. The van der Waals surface area contributed by atoms with Crippen molar-refractivity contribution in [3.63, 3.8) is 0 Å². The van der Waals surface area contributed by atoms with Crippen molar-refractivity contribution in [3.05, 3.63) is 62.8 Å². The molecular weight excluding hydrogens is 343 g/mol. The third kappa shape index (κ3) is 3.72. The Kier molecular flexibility index (Phi) is 5.02. The lowest BCUT2D eigenvalue weighted by Gasteiger charge is -2.19. The third-order valence-electron chi connectivity index (χ3n) is 2.96. The van der Waals surface area contributed by atoms with Crippen LogP contribution in [0.4, 0.5) is 10.1 Å². The van der Waals surface area contributed by atoms with Gasteiger partial charge < -0.3 is 11.1 Å². The number of nitrogens with one attached hydrogen (secondary N) is 1. The highest BCUT2D eigenvalue weighted by atomic mass is 79.9. The second-order valence-electron chi connectivity index (χ2n) is 4.62. The average molecular weight is 358 g/mol. The van der Waals surface area contributed by atoms with Gasteiger partial charge in [-0.1, -0.05) is 33.6 Å². The fraction of sp³-hybridized carbons (Fsp3) is 0.200. The Morgan fingerprint density at radius 2 is 2.05 bits per heavy atom. The molecule has 0 aliphatic carbocycles. The van der Waals surface area contributed by atoms with Crippen molar-refractivity contribution in [1.82, 2.24) is 0 Å². The molecular formula is C15H15BrClFN2. The van der Waals surface area contributed by atoms with E-state index in [2.05, 4.69) is 21.2 Å². The van der Waals surface area contributed by atoms with Crippen LogP contribution in [-0.2, 0) is 0 Å². The summed E-state index contributed by atoms with van der Waals surface area (Å²) in [7, 11) is 0. The van der Waals surface area contributed by atoms with Gasteiger partial charge in [-0.3, -0.25) is 0 Å². The van der Waals surface area contributed by atoms with E-state index in [1.165, 1.54) is 6.07 Å². The van der Waals surface area contributed by atoms with Crippen LogP contribution in [0.25, 0.3) is 0 Å². The van der Waals surface area contributed by atoms with Gasteiger partial charge in [0.25, 0.3) is 0 Å². The number of anilines is 1. The van der Waals surface area contributed by atoms with Crippen molar-refractivity contribution in [2.45, 2.75) is 13.0 Å². The molecule has 5 heteroatoms. The van der Waals surface area contributed by atoms with E-state index in [-0.39, 0.29) is 11.1 Å². The minimum Gasteiger partial charge on any atom is -0.377 e. The molecule has 106 valence electrons. The molecule has 0 fully saturated rings. The average Bonchev–Trinajstić information content (AvgIpc) is 2.38. The fourth-order valence-corrected chi connectivity index (χ4v) is 2.75. The van der Waals surface area contributed by atoms with Crippen LogP contribution in [0.2, 0.25) is 5.02 Å². The molecule has 0 aliphatic heterocycles. The van der Waals surface area contributed by atoms with Crippen LogP contribution in [0.3, 0.4) is 0 Å². The molecule has 0 aromatic heterocycles. The zero-order valence-electron chi connectivity index (χ0n) is 11.0. The summed E-state index contributed by atoms with van der Waals surface area (Å²) in [5, 5.41) is 3.42. The Hall–Kier alpha value is -1.10. The van der Waals surface area contributed by atoms with Crippen LogP contribution < -0.4 is 11.1 Å². The van der Waals surface area contributed by atoms with Gasteiger partial charge in [0.1, 0.15) is 5.82 Å². The van der Waals surface area contributed by atoms with E-state index in [0.29, 0.717) is 6.54 Å². The van der Waals surface area contributed by atoms with E-state index in [4.69, 9.17) is 17.3 Å². The molecule has 0 aliphatic rings. The van der Waals surface area contributed by atoms with Crippen molar-refractivity contribution in [2.24, 2.45) is 5.73 Å². The molecule has 2 aromatic carbocycles. The predicted molar refractivity (Wildman–Crippen MR) is 85.7 cm³/mol. The van der Waals surface area contributed by atoms with Gasteiger partial charge in [0.2, 0.25) is 0 Å². The van der Waals surface area contributed by atoms with Gasteiger partial charge in [-0.25, -0.2) is 4.39 Å². The van der Waals surface area contributed by atoms with E-state index in [1.807, 2.05) is 25.1 Å². The zero-order valence-corrected chi connectivity index (χ0v) is 13.3. The molecule has 0 amide bonds. The lowest BCUT2D eigenvalue weighted by Crippen LogP contribution is -2.20. The number of hydrogen-bond donors (Lipinski definition) is 2. The van der Waals surface area contributed by atoms with Gasteiger partial charge in [0.05, 0.1) is 11.1 Å². The summed E-state index contributed by atoms with van der Waals surface area (Å²) in [5.74, 6) is -0.435.